The van der Waals surface area contributed by atoms with Crippen LogP contribution in [0.1, 0.15) is 66.0 Å². The van der Waals surface area contributed by atoms with Crippen LogP contribution >= 0.6 is 0 Å². The van der Waals surface area contributed by atoms with Crippen molar-refractivity contribution in [3.05, 3.63) is 101 Å². The van der Waals surface area contributed by atoms with Crippen molar-refractivity contribution in [2.24, 2.45) is 5.41 Å². The molecule has 0 spiro atoms. The number of imidazole rings is 1. The van der Waals surface area contributed by atoms with Crippen LogP contribution in [0.25, 0.3) is 6.08 Å². The summed E-state index contributed by atoms with van der Waals surface area (Å²) in [5.41, 5.74) is 2.73. The molecule has 1 aromatic heterocycles. The number of aromatic hydroxyl groups is 2. The number of aromatic amines is 1. The fourth-order valence-electron chi connectivity index (χ4n) is 9.89. The van der Waals surface area contributed by atoms with Crippen LogP contribution in [-0.4, -0.2) is 119 Å². The second kappa shape index (κ2) is 15.9. The number of aliphatic hydroxyl groups excluding tert-OH is 5. The standard InChI is InChI=1S/C43H48N4O12/c48-19-34-37(53)38(54)39(55)41(59-34)58-33-16-30-26(15-32(33)51)27(17-43-12-4-3-11-42(43,21-49)20-45-29-6-2-1-5-28(29)43)36(40(56)57)47(30)35(52)10-8-23-7-9-31(50)24(13-23)14-25-18-44-22-46-25/h1-2,5-10,13,15-16,18,22,27,34,36-39,41,45,48-51,53-55H,3-4,11-12,14,17,19-21H2,(H,44,46)(H,56,57). The Bertz CT molecular complexity index is 2230. The van der Waals surface area contributed by atoms with Crippen LogP contribution in [0.3, 0.4) is 0 Å². The van der Waals surface area contributed by atoms with E-state index in [9.17, 15) is 50.4 Å². The number of rotatable bonds is 11. The molecule has 1 saturated carbocycles. The van der Waals surface area contributed by atoms with Gasteiger partial charge in [0.2, 0.25) is 6.29 Å². The number of aliphatic hydroxyl groups is 5. The first kappa shape index (κ1) is 40.3. The van der Waals surface area contributed by atoms with Gasteiger partial charge in [-0.25, -0.2) is 9.78 Å². The van der Waals surface area contributed by atoms with E-state index < -0.39 is 77.7 Å². The van der Waals surface area contributed by atoms with Crippen molar-refractivity contribution in [2.75, 3.05) is 30.0 Å². The van der Waals surface area contributed by atoms with Crippen LogP contribution in [0.15, 0.2) is 73.2 Å². The van der Waals surface area contributed by atoms with Crippen LogP contribution in [0.5, 0.6) is 17.2 Å². The zero-order valence-corrected chi connectivity index (χ0v) is 32.0. The van der Waals surface area contributed by atoms with Gasteiger partial charge in [-0.1, -0.05) is 37.1 Å². The molecule has 312 valence electrons. The average molecular weight is 813 g/mol. The van der Waals surface area contributed by atoms with Gasteiger partial charge >= 0.3 is 5.97 Å². The van der Waals surface area contributed by atoms with Gasteiger partial charge in [0.05, 0.1) is 25.2 Å². The van der Waals surface area contributed by atoms with Crippen LogP contribution in [0, 0.1) is 5.41 Å². The number of nitrogens with one attached hydrogen (secondary N) is 2. The summed E-state index contributed by atoms with van der Waals surface area (Å²) in [5, 5.41) is 89.1. The third-order valence-electron chi connectivity index (χ3n) is 12.9. The number of carboxylic acids is 1. The minimum Gasteiger partial charge on any atom is -0.508 e. The number of nitrogens with zero attached hydrogens (tertiary/aromatic N) is 2. The summed E-state index contributed by atoms with van der Waals surface area (Å²) in [6.07, 6.45) is 1.18. The lowest BCUT2D eigenvalue weighted by Crippen LogP contribution is -2.60. The lowest BCUT2D eigenvalue weighted by molar-refractivity contribution is -0.277. The number of carbonyl (C=O) groups excluding carboxylic acids is 1. The number of benzene rings is 3. The first-order valence-electron chi connectivity index (χ1n) is 19.7. The van der Waals surface area contributed by atoms with E-state index in [4.69, 9.17) is 9.47 Å². The van der Waals surface area contributed by atoms with Gasteiger partial charge in [0.1, 0.15) is 36.2 Å². The molecule has 1 aliphatic carbocycles. The topological polar surface area (TPSA) is 258 Å². The molecule has 3 aromatic carbocycles. The maximum absolute atomic E-state index is 14.5. The Labute approximate surface area is 339 Å². The average Bonchev–Trinajstić information content (AvgIpc) is 3.87. The number of aliphatic carboxylic acids is 1. The van der Waals surface area contributed by atoms with Crippen molar-refractivity contribution in [3.8, 4) is 17.2 Å². The van der Waals surface area contributed by atoms with E-state index in [1.165, 1.54) is 36.7 Å². The monoisotopic (exact) mass is 812 g/mol. The van der Waals surface area contributed by atoms with Crippen molar-refractivity contribution in [3.63, 3.8) is 0 Å². The minimum absolute atomic E-state index is 0.0394. The Balaban J connectivity index is 1.22. The van der Waals surface area contributed by atoms with E-state index in [-0.39, 0.29) is 30.2 Å². The number of phenolic OH excluding ortho intramolecular Hbond substituents is 2. The SMILES string of the molecule is O=C(O)C1C(CC23CCCCC2(CO)CNc2ccccc23)c2cc(O)c(OC3OC(CO)C(O)C(O)C3O)cc2N1C(=O)C=Cc1ccc(O)c(Cc2cnc[nH]2)c1. The second-order valence-electron chi connectivity index (χ2n) is 16.1. The summed E-state index contributed by atoms with van der Waals surface area (Å²) in [5.74, 6) is -3.69. The number of hydrogen-bond acceptors (Lipinski definition) is 13. The molecule has 3 aliphatic heterocycles. The van der Waals surface area contributed by atoms with Crippen LogP contribution in [-0.2, 0) is 26.2 Å². The molecule has 1 saturated heterocycles. The Morgan fingerprint density at radius 3 is 2.53 bits per heavy atom. The number of H-pyrrole nitrogens is 1. The number of para-hydroxylation sites is 1. The molecule has 9 unspecified atom stereocenters. The van der Waals surface area contributed by atoms with Gasteiger partial charge in [0.15, 0.2) is 11.5 Å². The second-order valence-corrected chi connectivity index (χ2v) is 16.1. The smallest absolute Gasteiger partial charge is 0.327 e. The van der Waals surface area contributed by atoms with Crippen molar-refractivity contribution in [2.45, 2.75) is 86.6 Å². The van der Waals surface area contributed by atoms with E-state index in [0.717, 1.165) is 34.7 Å². The summed E-state index contributed by atoms with van der Waals surface area (Å²) >= 11 is 0. The Kier molecular flexibility index (Phi) is 10.9. The van der Waals surface area contributed by atoms with Crippen LogP contribution in [0.2, 0.25) is 0 Å². The van der Waals surface area contributed by atoms with Gasteiger partial charge in [-0.2, -0.15) is 0 Å². The lowest BCUT2D eigenvalue weighted by atomic mass is 9.49. The van der Waals surface area contributed by atoms with E-state index in [1.54, 1.807) is 18.3 Å². The Morgan fingerprint density at radius 1 is 0.983 bits per heavy atom. The molecule has 1 amide bonds. The largest absolute Gasteiger partial charge is 0.508 e. The fourth-order valence-corrected chi connectivity index (χ4v) is 9.89. The molecule has 4 aliphatic rings. The first-order chi connectivity index (χ1) is 28.4. The Hall–Kier alpha value is -5.49. The highest BCUT2D eigenvalue weighted by Gasteiger charge is 2.59. The quantitative estimate of drug-likeness (QED) is 0.0977. The molecule has 10 N–H and O–H groups in total. The van der Waals surface area contributed by atoms with Crippen molar-refractivity contribution in [1.82, 2.24) is 9.97 Å². The van der Waals surface area contributed by atoms with E-state index in [1.807, 2.05) is 24.3 Å². The van der Waals surface area contributed by atoms with Gasteiger partial charge in [-0.05, 0) is 66.3 Å². The molecule has 0 radical (unpaired) electrons. The number of phenols is 2. The highest BCUT2D eigenvalue weighted by molar-refractivity contribution is 6.10. The lowest BCUT2D eigenvalue weighted by Gasteiger charge is -2.58. The number of carboxylic acid groups (broad SMARTS) is 1. The van der Waals surface area contributed by atoms with Gasteiger partial charge in [0.25, 0.3) is 5.91 Å². The summed E-state index contributed by atoms with van der Waals surface area (Å²) in [6, 6.07) is 13.7. The number of hydrogen-bond donors (Lipinski definition) is 10. The first-order valence-corrected chi connectivity index (χ1v) is 19.7. The summed E-state index contributed by atoms with van der Waals surface area (Å²) < 4.78 is 11.4. The third kappa shape index (κ3) is 6.98. The zero-order chi connectivity index (χ0) is 41.6. The molecule has 16 heteroatoms. The predicted molar refractivity (Wildman–Crippen MR) is 212 cm³/mol. The van der Waals surface area contributed by atoms with Crippen molar-refractivity contribution < 1.29 is 59.9 Å². The molecule has 4 heterocycles. The molecule has 9 atom stereocenters. The molecular formula is C43H48N4O12. The highest BCUT2D eigenvalue weighted by atomic mass is 16.7. The van der Waals surface area contributed by atoms with Gasteiger partial charge in [-0.3, -0.25) is 9.69 Å². The van der Waals surface area contributed by atoms with Crippen LogP contribution in [0.4, 0.5) is 11.4 Å². The fraction of sp³-hybridized carbons (Fsp3) is 0.419. The van der Waals surface area contributed by atoms with E-state index >= 15 is 0 Å². The normalized spacial score (nSPS) is 30.0. The maximum atomic E-state index is 14.5. The van der Waals surface area contributed by atoms with Crippen molar-refractivity contribution in [1.29, 1.82) is 0 Å². The molecule has 16 nitrogen and oxygen atoms in total. The number of aromatic nitrogens is 2. The number of amides is 1. The molecular weight excluding hydrogens is 764 g/mol. The van der Waals surface area contributed by atoms with Crippen molar-refractivity contribution >= 4 is 29.3 Å². The minimum atomic E-state index is -1.82. The molecule has 8 rings (SSSR count). The molecule has 59 heavy (non-hydrogen) atoms. The number of fused-ring (bicyclic) bond motifs is 4. The molecule has 2 fully saturated rings. The molecule has 0 bridgehead atoms. The summed E-state index contributed by atoms with van der Waals surface area (Å²) in [7, 11) is 0. The zero-order valence-electron chi connectivity index (χ0n) is 32.0. The van der Waals surface area contributed by atoms with Gasteiger partial charge in [0, 0.05) is 65.0 Å². The maximum Gasteiger partial charge on any atom is 0.327 e. The third-order valence-corrected chi connectivity index (χ3v) is 12.9. The number of carbonyl (C=O) groups is 2. The number of ether oxygens (including phenoxy) is 2. The highest BCUT2D eigenvalue weighted by Crippen LogP contribution is 2.62. The van der Waals surface area contributed by atoms with Crippen LogP contribution < -0.4 is 15.0 Å². The van der Waals surface area contributed by atoms with Gasteiger partial charge in [-0.15, -0.1) is 0 Å². The number of anilines is 2. The van der Waals surface area contributed by atoms with E-state index in [2.05, 4.69) is 15.3 Å². The predicted octanol–water partition coefficient (Wildman–Crippen LogP) is 2.49. The van der Waals surface area contributed by atoms with E-state index in [0.29, 0.717) is 42.5 Å². The molecule has 4 aromatic rings. The summed E-state index contributed by atoms with van der Waals surface area (Å²) in [6.45, 7) is -0.433. The Morgan fingerprint density at radius 2 is 1.78 bits per heavy atom. The summed E-state index contributed by atoms with van der Waals surface area (Å²) in [4.78, 5) is 36.3. The van der Waals surface area contributed by atoms with Gasteiger partial charge < -0.3 is 60.6 Å².